The summed E-state index contributed by atoms with van der Waals surface area (Å²) in [5.74, 6) is 0.284. The van der Waals surface area contributed by atoms with Crippen molar-refractivity contribution in [1.29, 1.82) is 0 Å². The highest BCUT2D eigenvalue weighted by Crippen LogP contribution is 2.45. The number of hydrogen-bond donors (Lipinski definition) is 3. The zero-order chi connectivity index (χ0) is 27.4. The van der Waals surface area contributed by atoms with Crippen LogP contribution in [0.1, 0.15) is 28.4 Å². The van der Waals surface area contributed by atoms with Crippen LogP contribution in [0, 0.1) is 0 Å². The molecule has 10 nitrogen and oxygen atoms in total. The number of carbonyl (C=O) groups excluding carboxylic acids is 3. The molecule has 0 saturated carbocycles. The van der Waals surface area contributed by atoms with Crippen LogP contribution in [0.25, 0.3) is 17.0 Å². The van der Waals surface area contributed by atoms with Crippen LogP contribution < -0.4 is 19.9 Å². The maximum Gasteiger partial charge on any atom is 0.267 e. The Kier molecular flexibility index (Phi) is 5.56. The molecule has 7 rings (SSSR count). The maximum absolute atomic E-state index is 14.1. The summed E-state index contributed by atoms with van der Waals surface area (Å²) in [5, 5.41) is 9.70. The van der Waals surface area contributed by atoms with E-state index < -0.39 is 18.0 Å². The Hall–Kier alpha value is -5.09. The first-order valence-corrected chi connectivity index (χ1v) is 12.9. The number of carbonyl (C=O) groups is 3. The first-order valence-electron chi connectivity index (χ1n) is 12.9. The van der Waals surface area contributed by atoms with Crippen molar-refractivity contribution < 1.29 is 29.1 Å². The second kappa shape index (κ2) is 9.28. The lowest BCUT2D eigenvalue weighted by atomic mass is 9.86. The summed E-state index contributed by atoms with van der Waals surface area (Å²) in [6, 6.07) is 19.4. The molecule has 4 heterocycles. The van der Waals surface area contributed by atoms with Crippen molar-refractivity contribution >= 4 is 40.4 Å². The van der Waals surface area contributed by atoms with Gasteiger partial charge in [0.05, 0.1) is 6.04 Å². The number of H-pyrrole nitrogens is 1. The van der Waals surface area contributed by atoms with Gasteiger partial charge in [-0.2, -0.15) is 0 Å². The summed E-state index contributed by atoms with van der Waals surface area (Å²) >= 11 is 0. The number of piperazine rings is 1. The van der Waals surface area contributed by atoms with Gasteiger partial charge in [0.15, 0.2) is 11.5 Å². The van der Waals surface area contributed by atoms with Gasteiger partial charge in [-0.3, -0.25) is 19.6 Å². The number of anilines is 1. The van der Waals surface area contributed by atoms with E-state index in [1.807, 2.05) is 42.5 Å². The van der Waals surface area contributed by atoms with E-state index in [1.165, 1.54) is 17.1 Å². The SMILES string of the molecule is O=C(/C=C/c1ccc(N2CC(=O)N3C(c4ccc5c(c4)OCO5)c4[nH]c5ccccc5c4C[C@H]3C2=O)cc1)NO. The minimum absolute atomic E-state index is 0.103. The summed E-state index contributed by atoms with van der Waals surface area (Å²) in [6.45, 7) is 0.0388. The topological polar surface area (TPSA) is 124 Å². The Morgan fingerprint density at radius 2 is 1.82 bits per heavy atom. The number of benzene rings is 3. The van der Waals surface area contributed by atoms with Crippen molar-refractivity contribution in [2.45, 2.75) is 18.5 Å². The second-order valence-corrected chi connectivity index (χ2v) is 9.92. The molecule has 3 N–H and O–H groups in total. The Balaban J connectivity index is 1.28. The number of amides is 3. The van der Waals surface area contributed by atoms with Gasteiger partial charge in [-0.1, -0.05) is 36.4 Å². The number of aromatic nitrogens is 1. The van der Waals surface area contributed by atoms with Crippen LogP contribution in [0.5, 0.6) is 11.5 Å². The lowest BCUT2D eigenvalue weighted by molar-refractivity contribution is -0.145. The molecule has 1 fully saturated rings. The molecule has 0 bridgehead atoms. The van der Waals surface area contributed by atoms with Gasteiger partial charge in [-0.25, -0.2) is 5.48 Å². The largest absolute Gasteiger partial charge is 0.454 e. The lowest BCUT2D eigenvalue weighted by Crippen LogP contribution is -2.63. The van der Waals surface area contributed by atoms with Crippen molar-refractivity contribution in [3.8, 4) is 11.5 Å². The van der Waals surface area contributed by atoms with Crippen LogP contribution in [0.4, 0.5) is 5.69 Å². The van der Waals surface area contributed by atoms with Crippen molar-refractivity contribution in [3.63, 3.8) is 0 Å². The number of nitrogens with zero attached hydrogens (tertiary/aromatic N) is 2. The molecular weight excluding hydrogens is 512 g/mol. The van der Waals surface area contributed by atoms with E-state index in [4.69, 9.17) is 14.7 Å². The van der Waals surface area contributed by atoms with E-state index in [0.717, 1.165) is 27.7 Å². The molecule has 3 aliphatic heterocycles. The molecule has 2 atom stereocenters. The van der Waals surface area contributed by atoms with E-state index in [1.54, 1.807) is 34.6 Å². The molecule has 0 radical (unpaired) electrons. The predicted molar refractivity (Wildman–Crippen MR) is 145 cm³/mol. The molecule has 3 amide bonds. The Morgan fingerprint density at radius 3 is 2.65 bits per heavy atom. The van der Waals surface area contributed by atoms with E-state index in [2.05, 4.69) is 4.98 Å². The van der Waals surface area contributed by atoms with Gasteiger partial charge in [0, 0.05) is 34.8 Å². The molecule has 3 aromatic carbocycles. The first-order chi connectivity index (χ1) is 19.5. The first kappa shape index (κ1) is 24.0. The van der Waals surface area contributed by atoms with Crippen molar-refractivity contribution in [3.05, 3.63) is 95.2 Å². The molecule has 1 unspecified atom stereocenters. The van der Waals surface area contributed by atoms with Gasteiger partial charge < -0.3 is 24.3 Å². The minimum Gasteiger partial charge on any atom is -0.454 e. The monoisotopic (exact) mass is 536 g/mol. The average Bonchev–Trinajstić information content (AvgIpc) is 3.61. The Morgan fingerprint density at radius 1 is 1.02 bits per heavy atom. The number of ether oxygens (including phenoxy) is 2. The highest BCUT2D eigenvalue weighted by molar-refractivity contribution is 6.08. The minimum atomic E-state index is -0.698. The van der Waals surface area contributed by atoms with Crippen molar-refractivity contribution in [2.24, 2.45) is 0 Å². The van der Waals surface area contributed by atoms with Gasteiger partial charge in [-0.05, 0) is 53.1 Å². The number of rotatable bonds is 4. The lowest BCUT2D eigenvalue weighted by Gasteiger charge is -2.47. The summed E-state index contributed by atoms with van der Waals surface area (Å²) < 4.78 is 11.1. The fourth-order valence-corrected chi connectivity index (χ4v) is 5.89. The van der Waals surface area contributed by atoms with Crippen LogP contribution in [-0.2, 0) is 20.8 Å². The molecule has 1 saturated heterocycles. The quantitative estimate of drug-likeness (QED) is 0.209. The Bertz CT molecular complexity index is 1710. The third-order valence-electron chi connectivity index (χ3n) is 7.72. The van der Waals surface area contributed by atoms with Gasteiger partial charge in [0.25, 0.3) is 11.8 Å². The molecule has 3 aliphatic rings. The second-order valence-electron chi connectivity index (χ2n) is 9.92. The van der Waals surface area contributed by atoms with Crippen molar-refractivity contribution in [2.75, 3.05) is 18.2 Å². The molecule has 1 aromatic heterocycles. The van der Waals surface area contributed by atoms with E-state index in [9.17, 15) is 14.4 Å². The van der Waals surface area contributed by atoms with Gasteiger partial charge in [-0.15, -0.1) is 0 Å². The van der Waals surface area contributed by atoms with Crippen LogP contribution in [0.2, 0.25) is 0 Å². The molecule has 4 aromatic rings. The highest BCUT2D eigenvalue weighted by Gasteiger charge is 2.48. The van der Waals surface area contributed by atoms with E-state index in [0.29, 0.717) is 29.2 Å². The number of para-hydroxylation sites is 1. The van der Waals surface area contributed by atoms with E-state index >= 15 is 0 Å². The smallest absolute Gasteiger partial charge is 0.267 e. The van der Waals surface area contributed by atoms with Crippen LogP contribution in [0.3, 0.4) is 0 Å². The number of aromatic amines is 1. The summed E-state index contributed by atoms with van der Waals surface area (Å²) in [6.07, 6.45) is 3.12. The van der Waals surface area contributed by atoms with Gasteiger partial charge in [0.2, 0.25) is 12.7 Å². The maximum atomic E-state index is 14.1. The molecule has 40 heavy (non-hydrogen) atoms. The van der Waals surface area contributed by atoms with Crippen molar-refractivity contribution in [1.82, 2.24) is 15.4 Å². The fraction of sp³-hybridized carbons (Fsp3) is 0.167. The summed E-state index contributed by atoms with van der Waals surface area (Å²) in [4.78, 5) is 46.0. The van der Waals surface area contributed by atoms with E-state index in [-0.39, 0.29) is 25.2 Å². The molecular formula is C30H24N4O6. The van der Waals surface area contributed by atoms with Gasteiger partial charge >= 0.3 is 0 Å². The third kappa shape index (κ3) is 3.80. The normalized spacial score (nSPS) is 19.7. The molecule has 0 spiro atoms. The predicted octanol–water partition coefficient (Wildman–Crippen LogP) is 3.30. The molecule has 200 valence electrons. The fourth-order valence-electron chi connectivity index (χ4n) is 5.89. The standard InChI is InChI=1S/C30H24N4O6/c35-26(32-38)12-7-17-5-9-19(10-6-17)33-15-27(36)34-23(30(33)37)14-21-20-3-1-2-4-22(20)31-28(21)29(34)18-8-11-24-25(13-18)40-16-39-24/h1-13,23,29,31,38H,14-16H2,(H,32,35)/b12-7+/t23-,29?/m0/s1. The zero-order valence-electron chi connectivity index (χ0n) is 21.2. The summed E-state index contributed by atoms with van der Waals surface area (Å²) in [7, 11) is 0. The van der Waals surface area contributed by atoms with Crippen LogP contribution in [0.15, 0.2) is 72.8 Å². The molecule has 0 aliphatic carbocycles. The number of hydroxylamine groups is 1. The third-order valence-corrected chi connectivity index (χ3v) is 7.72. The average molecular weight is 537 g/mol. The number of nitrogens with one attached hydrogen (secondary N) is 2. The zero-order valence-corrected chi connectivity index (χ0v) is 21.2. The summed E-state index contributed by atoms with van der Waals surface area (Å²) in [5.41, 5.74) is 6.54. The number of fused-ring (bicyclic) bond motifs is 5. The van der Waals surface area contributed by atoms with Crippen LogP contribution >= 0.6 is 0 Å². The molecule has 10 heteroatoms. The highest BCUT2D eigenvalue weighted by atomic mass is 16.7. The van der Waals surface area contributed by atoms with Gasteiger partial charge in [0.1, 0.15) is 12.6 Å². The number of hydrogen-bond acceptors (Lipinski definition) is 6. The van der Waals surface area contributed by atoms with Crippen LogP contribution in [-0.4, -0.2) is 52.2 Å². The Labute approximate surface area is 228 Å².